The summed E-state index contributed by atoms with van der Waals surface area (Å²) in [5.41, 5.74) is 8.72. The lowest BCUT2D eigenvalue weighted by molar-refractivity contribution is 0.487. The van der Waals surface area contributed by atoms with Crippen LogP contribution in [-0.2, 0) is 12.5 Å². The Balaban J connectivity index is 2.40. The normalized spacial score (nSPS) is 29.2. The molecular formula is C11H19N3. The molecule has 0 aliphatic heterocycles. The summed E-state index contributed by atoms with van der Waals surface area (Å²) in [6.45, 7) is 7.32. The van der Waals surface area contributed by atoms with Crippen LogP contribution in [0.1, 0.15) is 31.7 Å². The Morgan fingerprint density at radius 1 is 1.57 bits per heavy atom. The number of hydrogen-bond acceptors (Lipinski definition) is 2. The van der Waals surface area contributed by atoms with Crippen molar-refractivity contribution in [1.82, 2.24) is 9.78 Å². The molecule has 1 fully saturated rings. The molecular weight excluding hydrogens is 174 g/mol. The molecule has 1 aromatic rings. The van der Waals surface area contributed by atoms with Gasteiger partial charge in [0.15, 0.2) is 0 Å². The third-order valence-electron chi connectivity index (χ3n) is 3.87. The summed E-state index contributed by atoms with van der Waals surface area (Å²) in [4.78, 5) is 0. The van der Waals surface area contributed by atoms with Gasteiger partial charge in [-0.05, 0) is 24.8 Å². The van der Waals surface area contributed by atoms with Gasteiger partial charge in [0, 0.05) is 24.7 Å². The summed E-state index contributed by atoms with van der Waals surface area (Å²) in [7, 11) is 1.98. The fourth-order valence-corrected chi connectivity index (χ4v) is 2.40. The highest BCUT2D eigenvalue weighted by atomic mass is 15.3. The van der Waals surface area contributed by atoms with E-state index in [-0.39, 0.29) is 5.41 Å². The fourth-order valence-electron chi connectivity index (χ4n) is 2.40. The largest absolute Gasteiger partial charge is 0.330 e. The van der Waals surface area contributed by atoms with Crippen molar-refractivity contribution in [2.45, 2.75) is 32.6 Å². The average Bonchev–Trinajstić information content (AvgIpc) is 2.52. The number of aromatic nitrogens is 2. The number of hydrogen-bond donors (Lipinski definition) is 1. The van der Waals surface area contributed by atoms with E-state index >= 15 is 0 Å². The van der Waals surface area contributed by atoms with Gasteiger partial charge in [-0.1, -0.05) is 13.8 Å². The lowest BCUT2D eigenvalue weighted by atomic mass is 9.92. The van der Waals surface area contributed by atoms with Crippen LogP contribution in [0.4, 0.5) is 0 Å². The van der Waals surface area contributed by atoms with Crippen LogP contribution in [0, 0.1) is 12.3 Å². The van der Waals surface area contributed by atoms with Crippen molar-refractivity contribution in [3.63, 3.8) is 0 Å². The quantitative estimate of drug-likeness (QED) is 0.770. The molecule has 1 unspecified atom stereocenters. The van der Waals surface area contributed by atoms with Gasteiger partial charge in [-0.2, -0.15) is 5.10 Å². The maximum Gasteiger partial charge on any atom is 0.0707 e. The van der Waals surface area contributed by atoms with Crippen molar-refractivity contribution in [1.29, 1.82) is 0 Å². The average molecular weight is 193 g/mol. The van der Waals surface area contributed by atoms with Crippen molar-refractivity contribution >= 4 is 0 Å². The molecule has 1 aliphatic rings. The maximum atomic E-state index is 5.89. The summed E-state index contributed by atoms with van der Waals surface area (Å²) in [5, 5.41) is 4.55. The molecule has 2 rings (SSSR count). The van der Waals surface area contributed by atoms with Gasteiger partial charge in [0.25, 0.3) is 0 Å². The fraction of sp³-hybridized carbons (Fsp3) is 0.727. The predicted octanol–water partition coefficient (Wildman–Crippen LogP) is 1.35. The minimum atomic E-state index is 0.138. The maximum absolute atomic E-state index is 5.89. The van der Waals surface area contributed by atoms with Crippen molar-refractivity contribution in [2.24, 2.45) is 18.2 Å². The van der Waals surface area contributed by atoms with Gasteiger partial charge in [-0.25, -0.2) is 0 Å². The van der Waals surface area contributed by atoms with E-state index in [0.717, 1.165) is 6.42 Å². The molecule has 78 valence electrons. The zero-order chi connectivity index (χ0) is 10.6. The third kappa shape index (κ3) is 1.05. The molecule has 0 aromatic carbocycles. The summed E-state index contributed by atoms with van der Waals surface area (Å²) >= 11 is 0. The smallest absolute Gasteiger partial charge is 0.0707 e. The zero-order valence-electron chi connectivity index (χ0n) is 9.46. The second-order valence-electron chi connectivity index (χ2n) is 5.14. The standard InChI is InChI=1S/C11H19N3/c1-8-5-9(13-14(8)4)11(7-12)6-10(11,2)3/h5H,6-7,12H2,1-4H3. The Morgan fingerprint density at radius 3 is 2.43 bits per heavy atom. The van der Waals surface area contributed by atoms with Gasteiger partial charge in [-0.3, -0.25) is 4.68 Å². The molecule has 14 heavy (non-hydrogen) atoms. The van der Waals surface area contributed by atoms with Gasteiger partial charge in [0.2, 0.25) is 0 Å². The zero-order valence-corrected chi connectivity index (χ0v) is 9.46. The second-order valence-corrected chi connectivity index (χ2v) is 5.14. The first-order valence-corrected chi connectivity index (χ1v) is 5.14. The van der Waals surface area contributed by atoms with E-state index in [4.69, 9.17) is 5.73 Å². The predicted molar refractivity (Wildman–Crippen MR) is 57.1 cm³/mol. The Hall–Kier alpha value is -0.830. The van der Waals surface area contributed by atoms with E-state index in [1.54, 1.807) is 0 Å². The first-order valence-electron chi connectivity index (χ1n) is 5.14. The van der Waals surface area contributed by atoms with Gasteiger partial charge < -0.3 is 5.73 Å². The van der Waals surface area contributed by atoms with E-state index in [1.807, 2.05) is 11.7 Å². The number of nitrogens with zero attached hydrogens (tertiary/aromatic N) is 2. The Labute approximate surface area is 85.3 Å². The number of nitrogens with two attached hydrogens (primary N) is 1. The highest BCUT2D eigenvalue weighted by Gasteiger charge is 2.62. The van der Waals surface area contributed by atoms with E-state index in [9.17, 15) is 0 Å². The van der Waals surface area contributed by atoms with Crippen molar-refractivity contribution in [3.8, 4) is 0 Å². The Kier molecular flexibility index (Phi) is 1.80. The Bertz CT molecular complexity index is 345. The van der Waals surface area contributed by atoms with Crippen molar-refractivity contribution in [3.05, 3.63) is 17.5 Å². The van der Waals surface area contributed by atoms with Crippen LogP contribution in [0.5, 0.6) is 0 Å². The molecule has 3 heteroatoms. The van der Waals surface area contributed by atoms with E-state index in [1.165, 1.54) is 11.4 Å². The van der Waals surface area contributed by atoms with Crippen LogP contribution in [0.25, 0.3) is 0 Å². The molecule has 0 saturated heterocycles. The molecule has 2 N–H and O–H groups in total. The lowest BCUT2D eigenvalue weighted by Gasteiger charge is -2.15. The van der Waals surface area contributed by atoms with Crippen molar-refractivity contribution < 1.29 is 0 Å². The minimum absolute atomic E-state index is 0.138. The summed E-state index contributed by atoms with van der Waals surface area (Å²) < 4.78 is 1.93. The minimum Gasteiger partial charge on any atom is -0.330 e. The first-order chi connectivity index (χ1) is 6.43. The molecule has 1 aromatic heterocycles. The summed E-state index contributed by atoms with van der Waals surface area (Å²) in [5.74, 6) is 0. The monoisotopic (exact) mass is 193 g/mol. The van der Waals surface area contributed by atoms with Crippen LogP contribution >= 0.6 is 0 Å². The molecule has 0 spiro atoms. The first kappa shape index (κ1) is 9.71. The SMILES string of the molecule is Cc1cc(C2(CN)CC2(C)C)nn1C. The Morgan fingerprint density at radius 2 is 2.14 bits per heavy atom. The molecule has 1 saturated carbocycles. The lowest BCUT2D eigenvalue weighted by Crippen LogP contribution is -2.26. The highest BCUT2D eigenvalue weighted by Crippen LogP contribution is 2.63. The molecule has 1 atom stereocenters. The van der Waals surface area contributed by atoms with E-state index in [0.29, 0.717) is 12.0 Å². The van der Waals surface area contributed by atoms with Crippen LogP contribution in [0.3, 0.4) is 0 Å². The third-order valence-corrected chi connectivity index (χ3v) is 3.87. The molecule has 0 radical (unpaired) electrons. The van der Waals surface area contributed by atoms with Gasteiger partial charge >= 0.3 is 0 Å². The molecule has 1 aliphatic carbocycles. The topological polar surface area (TPSA) is 43.8 Å². The van der Waals surface area contributed by atoms with Crippen molar-refractivity contribution in [2.75, 3.05) is 6.54 Å². The van der Waals surface area contributed by atoms with Crippen LogP contribution in [-0.4, -0.2) is 16.3 Å². The van der Waals surface area contributed by atoms with Crippen LogP contribution < -0.4 is 5.73 Å². The molecule has 3 nitrogen and oxygen atoms in total. The van der Waals surface area contributed by atoms with Crippen LogP contribution in [0.15, 0.2) is 6.07 Å². The molecule has 1 heterocycles. The molecule has 0 bridgehead atoms. The number of rotatable bonds is 2. The van der Waals surface area contributed by atoms with Gasteiger partial charge in [0.1, 0.15) is 0 Å². The highest BCUT2D eigenvalue weighted by molar-refractivity contribution is 5.33. The molecule has 0 amide bonds. The van der Waals surface area contributed by atoms with Crippen LogP contribution in [0.2, 0.25) is 0 Å². The van der Waals surface area contributed by atoms with E-state index in [2.05, 4.69) is 31.9 Å². The second kappa shape index (κ2) is 2.60. The number of aryl methyl sites for hydroxylation is 2. The van der Waals surface area contributed by atoms with E-state index < -0.39 is 0 Å². The summed E-state index contributed by atoms with van der Waals surface area (Å²) in [6.07, 6.45) is 1.16. The van der Waals surface area contributed by atoms with Gasteiger partial charge in [-0.15, -0.1) is 0 Å². The van der Waals surface area contributed by atoms with Gasteiger partial charge in [0.05, 0.1) is 5.69 Å². The summed E-state index contributed by atoms with van der Waals surface area (Å²) in [6, 6.07) is 2.17.